The quantitative estimate of drug-likeness (QED) is 0.531. The second-order valence-corrected chi connectivity index (χ2v) is 4.68. The molecule has 0 saturated heterocycles. The minimum absolute atomic E-state index is 0.00594. The topological polar surface area (TPSA) is 44.8 Å². The fourth-order valence-corrected chi connectivity index (χ4v) is 2.21. The van der Waals surface area contributed by atoms with Crippen molar-refractivity contribution in [3.63, 3.8) is 0 Å². The molecule has 0 aliphatic heterocycles. The molecule has 0 bridgehead atoms. The van der Waals surface area contributed by atoms with Crippen molar-refractivity contribution in [2.24, 2.45) is 0 Å². The number of hydrogen-bond acceptors (Lipinski definition) is 4. The molecule has 0 aliphatic rings. The molecule has 0 N–H and O–H groups in total. The van der Waals surface area contributed by atoms with Crippen molar-refractivity contribution >= 4 is 21.7 Å². The summed E-state index contributed by atoms with van der Waals surface area (Å²) in [6.07, 6.45) is -2.54. The molecule has 20 heavy (non-hydrogen) atoms. The number of halogens is 3. The Morgan fingerprint density at radius 1 is 1.30 bits per heavy atom. The van der Waals surface area contributed by atoms with Crippen LogP contribution < -0.4 is 9.47 Å². The van der Waals surface area contributed by atoms with Crippen molar-refractivity contribution in [2.75, 3.05) is 27.4 Å². The zero-order valence-corrected chi connectivity index (χ0v) is 12.7. The standard InChI is InChI=1S/C13H15BrF2O4/c1-18-8-5-9(14)13(11(6-8)19-2)10(17)3-4-20-7-12(15)16/h5-6,12H,3-4,7H2,1-2H3. The third kappa shape index (κ3) is 4.72. The molecule has 0 aromatic heterocycles. The van der Waals surface area contributed by atoms with Crippen molar-refractivity contribution in [3.8, 4) is 11.5 Å². The molecule has 0 fully saturated rings. The Balaban J connectivity index is 2.76. The summed E-state index contributed by atoms with van der Waals surface area (Å²) >= 11 is 3.27. The Bertz CT molecular complexity index is 466. The molecular weight excluding hydrogens is 338 g/mol. The van der Waals surface area contributed by atoms with Crippen LogP contribution in [0.5, 0.6) is 11.5 Å². The van der Waals surface area contributed by atoms with Crippen molar-refractivity contribution in [1.82, 2.24) is 0 Å². The highest BCUT2D eigenvalue weighted by molar-refractivity contribution is 9.10. The highest BCUT2D eigenvalue weighted by atomic mass is 79.9. The Morgan fingerprint density at radius 3 is 2.55 bits per heavy atom. The van der Waals surface area contributed by atoms with E-state index in [1.807, 2.05) is 0 Å². The van der Waals surface area contributed by atoms with Gasteiger partial charge >= 0.3 is 0 Å². The van der Waals surface area contributed by atoms with Gasteiger partial charge in [0.1, 0.15) is 18.1 Å². The van der Waals surface area contributed by atoms with E-state index in [0.717, 1.165) is 0 Å². The fraction of sp³-hybridized carbons (Fsp3) is 0.462. The predicted molar refractivity (Wildman–Crippen MR) is 73.0 cm³/mol. The summed E-state index contributed by atoms with van der Waals surface area (Å²) in [5.41, 5.74) is 0.342. The minimum Gasteiger partial charge on any atom is -0.497 e. The van der Waals surface area contributed by atoms with Gasteiger partial charge in [-0.15, -0.1) is 0 Å². The zero-order valence-electron chi connectivity index (χ0n) is 11.1. The van der Waals surface area contributed by atoms with Crippen LogP contribution in [0.25, 0.3) is 0 Å². The van der Waals surface area contributed by atoms with Crippen LogP contribution >= 0.6 is 15.9 Å². The van der Waals surface area contributed by atoms with Crippen LogP contribution in [0.3, 0.4) is 0 Å². The molecule has 1 aromatic rings. The van der Waals surface area contributed by atoms with Crippen LogP contribution in [-0.4, -0.2) is 39.6 Å². The van der Waals surface area contributed by atoms with Crippen molar-refractivity contribution in [1.29, 1.82) is 0 Å². The molecular formula is C13H15BrF2O4. The number of rotatable bonds is 8. The highest BCUT2D eigenvalue weighted by Gasteiger charge is 2.18. The lowest BCUT2D eigenvalue weighted by atomic mass is 10.1. The number of ether oxygens (including phenoxy) is 3. The van der Waals surface area contributed by atoms with Crippen LogP contribution in [0.15, 0.2) is 16.6 Å². The first kappa shape index (κ1) is 16.8. The lowest BCUT2D eigenvalue weighted by molar-refractivity contribution is 0.0169. The maximum absolute atomic E-state index is 12.1. The van der Waals surface area contributed by atoms with Gasteiger partial charge in [-0.25, -0.2) is 8.78 Å². The number of ketones is 1. The van der Waals surface area contributed by atoms with Gasteiger partial charge in [0.15, 0.2) is 5.78 Å². The molecule has 7 heteroatoms. The molecule has 0 unspecified atom stereocenters. The van der Waals surface area contributed by atoms with E-state index in [0.29, 0.717) is 21.5 Å². The molecule has 0 aliphatic carbocycles. The number of Topliss-reactive ketones (excluding diaryl/α,β-unsaturated/α-hetero) is 1. The van der Waals surface area contributed by atoms with E-state index in [4.69, 9.17) is 14.2 Å². The van der Waals surface area contributed by atoms with Gasteiger partial charge in [0, 0.05) is 17.0 Å². The first-order chi connectivity index (χ1) is 9.49. The van der Waals surface area contributed by atoms with Gasteiger partial charge in [-0.1, -0.05) is 0 Å². The molecule has 0 spiro atoms. The maximum Gasteiger partial charge on any atom is 0.261 e. The van der Waals surface area contributed by atoms with Crippen molar-refractivity contribution in [2.45, 2.75) is 12.8 Å². The molecule has 1 aromatic carbocycles. The van der Waals surface area contributed by atoms with Crippen LogP contribution in [0.2, 0.25) is 0 Å². The van der Waals surface area contributed by atoms with Gasteiger partial charge < -0.3 is 14.2 Å². The van der Waals surface area contributed by atoms with Crippen LogP contribution in [0.4, 0.5) is 8.78 Å². The largest absolute Gasteiger partial charge is 0.497 e. The predicted octanol–water partition coefficient (Wildman–Crippen LogP) is 3.32. The summed E-state index contributed by atoms with van der Waals surface area (Å²) < 4.78 is 39.2. The zero-order chi connectivity index (χ0) is 15.1. The molecule has 0 radical (unpaired) electrons. The van der Waals surface area contributed by atoms with E-state index in [2.05, 4.69) is 15.9 Å². The van der Waals surface area contributed by atoms with Gasteiger partial charge in [-0.05, 0) is 22.0 Å². The summed E-state index contributed by atoms with van der Waals surface area (Å²) in [6.45, 7) is -0.737. The van der Waals surface area contributed by atoms with Gasteiger partial charge in [0.25, 0.3) is 6.43 Å². The Kier molecular flexibility index (Phi) is 6.87. The molecule has 1 rings (SSSR count). The number of carbonyl (C=O) groups excluding carboxylic acids is 1. The normalized spacial score (nSPS) is 10.7. The first-order valence-corrected chi connectivity index (χ1v) is 6.59. The Morgan fingerprint density at radius 2 is 2.00 bits per heavy atom. The molecule has 0 amide bonds. The average molecular weight is 353 g/mol. The Hall–Kier alpha value is -1.21. The second-order valence-electron chi connectivity index (χ2n) is 3.83. The summed E-state index contributed by atoms with van der Waals surface area (Å²) in [5.74, 6) is 0.639. The fourth-order valence-electron chi connectivity index (χ4n) is 1.57. The second kappa shape index (κ2) is 8.16. The number of benzene rings is 1. The van der Waals surface area contributed by atoms with Crippen LogP contribution in [-0.2, 0) is 4.74 Å². The van der Waals surface area contributed by atoms with E-state index < -0.39 is 13.0 Å². The Labute approximate surface area is 124 Å². The summed E-state index contributed by atoms with van der Waals surface area (Å²) in [7, 11) is 2.94. The number of methoxy groups -OCH3 is 2. The van der Waals surface area contributed by atoms with Crippen LogP contribution in [0.1, 0.15) is 16.8 Å². The number of carbonyl (C=O) groups is 1. The van der Waals surface area contributed by atoms with E-state index in [9.17, 15) is 13.6 Å². The lowest BCUT2D eigenvalue weighted by Crippen LogP contribution is -2.11. The molecule has 4 nitrogen and oxygen atoms in total. The first-order valence-electron chi connectivity index (χ1n) is 5.80. The summed E-state index contributed by atoms with van der Waals surface area (Å²) in [5, 5.41) is 0. The van der Waals surface area contributed by atoms with Crippen molar-refractivity contribution in [3.05, 3.63) is 22.2 Å². The smallest absolute Gasteiger partial charge is 0.261 e. The third-order valence-electron chi connectivity index (χ3n) is 2.48. The van der Waals surface area contributed by atoms with Gasteiger partial charge in [0.2, 0.25) is 0 Å². The van der Waals surface area contributed by atoms with E-state index in [-0.39, 0.29) is 18.8 Å². The highest BCUT2D eigenvalue weighted by Crippen LogP contribution is 2.33. The van der Waals surface area contributed by atoms with Crippen LogP contribution in [0, 0.1) is 0 Å². The number of hydrogen-bond donors (Lipinski definition) is 0. The maximum atomic E-state index is 12.1. The van der Waals surface area contributed by atoms with Gasteiger partial charge in [0.05, 0.1) is 26.4 Å². The van der Waals surface area contributed by atoms with Gasteiger partial charge in [-0.2, -0.15) is 0 Å². The minimum atomic E-state index is -2.53. The SMILES string of the molecule is COc1cc(Br)c(C(=O)CCOCC(F)F)c(OC)c1. The van der Waals surface area contributed by atoms with E-state index in [1.54, 1.807) is 12.1 Å². The molecule has 0 atom stereocenters. The third-order valence-corrected chi connectivity index (χ3v) is 3.10. The monoisotopic (exact) mass is 352 g/mol. The summed E-state index contributed by atoms with van der Waals surface area (Å²) in [6, 6.07) is 3.22. The van der Waals surface area contributed by atoms with E-state index in [1.165, 1.54) is 14.2 Å². The number of alkyl halides is 2. The lowest BCUT2D eigenvalue weighted by Gasteiger charge is -2.12. The van der Waals surface area contributed by atoms with Crippen molar-refractivity contribution < 1.29 is 27.8 Å². The molecule has 0 saturated carbocycles. The van der Waals surface area contributed by atoms with Gasteiger partial charge in [-0.3, -0.25) is 4.79 Å². The van der Waals surface area contributed by atoms with E-state index >= 15 is 0 Å². The molecule has 0 heterocycles. The molecule has 112 valence electrons. The summed E-state index contributed by atoms with van der Waals surface area (Å²) in [4.78, 5) is 12.1. The average Bonchev–Trinajstić information content (AvgIpc) is 2.41.